The van der Waals surface area contributed by atoms with Crippen LogP contribution in [0.15, 0.2) is 0 Å². The third kappa shape index (κ3) is 1.76. The van der Waals surface area contributed by atoms with Crippen molar-refractivity contribution in [1.82, 2.24) is 0 Å². The Morgan fingerprint density at radius 3 is 2.54 bits per heavy atom. The fourth-order valence-electron chi connectivity index (χ4n) is 3.13. The lowest BCUT2D eigenvalue weighted by Crippen LogP contribution is -2.12. The molecule has 2 atom stereocenters. The van der Waals surface area contributed by atoms with Crippen molar-refractivity contribution < 1.29 is 0 Å². The van der Waals surface area contributed by atoms with Crippen LogP contribution < -0.4 is 5.73 Å². The molecule has 2 unspecified atom stereocenters. The molecule has 1 nitrogen and oxygen atoms in total. The number of nitrogens with two attached hydrogens (primary N) is 1. The first kappa shape index (κ1) is 9.51. The molecular weight excluding hydrogens is 158 g/mol. The highest BCUT2D eigenvalue weighted by molar-refractivity contribution is 5.04. The molecule has 2 N–H and O–H groups in total. The van der Waals surface area contributed by atoms with Gasteiger partial charge in [-0.05, 0) is 55.4 Å². The summed E-state index contributed by atoms with van der Waals surface area (Å²) in [5, 5.41) is 0. The molecule has 2 saturated carbocycles. The summed E-state index contributed by atoms with van der Waals surface area (Å²) >= 11 is 0. The Bertz CT molecular complexity index is 197. The molecule has 0 aliphatic heterocycles. The van der Waals surface area contributed by atoms with Crippen LogP contribution in [0.3, 0.4) is 0 Å². The molecule has 2 aliphatic carbocycles. The Kier molecular flexibility index (Phi) is 2.18. The summed E-state index contributed by atoms with van der Waals surface area (Å²) in [6, 6.07) is 0. The first-order valence-electron chi connectivity index (χ1n) is 5.78. The van der Waals surface area contributed by atoms with E-state index in [0.29, 0.717) is 10.8 Å². The van der Waals surface area contributed by atoms with Crippen molar-refractivity contribution in [1.29, 1.82) is 0 Å². The summed E-state index contributed by atoms with van der Waals surface area (Å²) in [7, 11) is 0. The van der Waals surface area contributed by atoms with Gasteiger partial charge in [-0.15, -0.1) is 0 Å². The Morgan fingerprint density at radius 1 is 1.15 bits per heavy atom. The number of rotatable bonds is 1. The Labute approximate surface area is 82.1 Å². The highest BCUT2D eigenvalue weighted by Crippen LogP contribution is 2.61. The average molecular weight is 181 g/mol. The SMILES string of the molecule is CC1(C)CCCC2(CC1)CC2CN. The predicted molar refractivity (Wildman–Crippen MR) is 56.5 cm³/mol. The van der Waals surface area contributed by atoms with Crippen molar-refractivity contribution in [3.63, 3.8) is 0 Å². The van der Waals surface area contributed by atoms with Crippen molar-refractivity contribution in [2.45, 2.75) is 52.4 Å². The highest BCUT2D eigenvalue weighted by atomic mass is 14.7. The largest absolute Gasteiger partial charge is 0.330 e. The molecule has 0 heterocycles. The van der Waals surface area contributed by atoms with Crippen LogP contribution in [0.25, 0.3) is 0 Å². The fraction of sp³-hybridized carbons (Fsp3) is 1.00. The second kappa shape index (κ2) is 2.98. The first-order valence-corrected chi connectivity index (χ1v) is 5.78. The standard InChI is InChI=1S/C12H23N/c1-11(2)4-3-5-12(7-6-11)8-10(12)9-13/h10H,3-9,13H2,1-2H3. The molecule has 2 fully saturated rings. The number of hydrogen-bond acceptors (Lipinski definition) is 1. The van der Waals surface area contributed by atoms with Gasteiger partial charge < -0.3 is 5.73 Å². The van der Waals surface area contributed by atoms with E-state index in [0.717, 1.165) is 12.5 Å². The lowest BCUT2D eigenvalue weighted by atomic mass is 9.84. The summed E-state index contributed by atoms with van der Waals surface area (Å²) in [6.07, 6.45) is 8.61. The molecule has 0 saturated heterocycles. The Hall–Kier alpha value is -0.0400. The van der Waals surface area contributed by atoms with Crippen LogP contribution in [-0.4, -0.2) is 6.54 Å². The topological polar surface area (TPSA) is 26.0 Å². The third-order valence-corrected chi connectivity index (χ3v) is 4.47. The molecule has 76 valence electrons. The normalized spacial score (nSPS) is 43.2. The van der Waals surface area contributed by atoms with Gasteiger partial charge in [0.25, 0.3) is 0 Å². The van der Waals surface area contributed by atoms with E-state index in [4.69, 9.17) is 5.73 Å². The van der Waals surface area contributed by atoms with Gasteiger partial charge in [-0.1, -0.05) is 20.3 Å². The zero-order valence-corrected chi connectivity index (χ0v) is 9.10. The van der Waals surface area contributed by atoms with E-state index in [1.165, 1.54) is 38.5 Å². The van der Waals surface area contributed by atoms with E-state index in [2.05, 4.69) is 13.8 Å². The quantitative estimate of drug-likeness (QED) is 0.661. The molecule has 0 amide bonds. The van der Waals surface area contributed by atoms with E-state index in [-0.39, 0.29) is 0 Å². The molecule has 0 aromatic carbocycles. The molecule has 1 spiro atoms. The summed E-state index contributed by atoms with van der Waals surface area (Å²) in [5.74, 6) is 0.876. The molecule has 0 radical (unpaired) electrons. The maximum absolute atomic E-state index is 5.76. The van der Waals surface area contributed by atoms with Gasteiger partial charge in [0, 0.05) is 0 Å². The molecule has 2 aliphatic rings. The summed E-state index contributed by atoms with van der Waals surface area (Å²) in [5.41, 5.74) is 7.07. The lowest BCUT2D eigenvalue weighted by molar-refractivity contribution is 0.301. The molecular formula is C12H23N. The Morgan fingerprint density at radius 2 is 1.92 bits per heavy atom. The van der Waals surface area contributed by atoms with Gasteiger partial charge in [-0.25, -0.2) is 0 Å². The van der Waals surface area contributed by atoms with Gasteiger partial charge in [-0.2, -0.15) is 0 Å². The molecule has 2 rings (SSSR count). The van der Waals surface area contributed by atoms with Crippen molar-refractivity contribution in [2.24, 2.45) is 22.5 Å². The average Bonchev–Trinajstić information content (AvgIpc) is 2.78. The van der Waals surface area contributed by atoms with E-state index in [9.17, 15) is 0 Å². The van der Waals surface area contributed by atoms with Crippen LogP contribution in [0.2, 0.25) is 0 Å². The molecule has 0 aromatic rings. The second-order valence-electron chi connectivity index (χ2n) is 6.02. The van der Waals surface area contributed by atoms with Gasteiger partial charge in [0.15, 0.2) is 0 Å². The lowest BCUT2D eigenvalue weighted by Gasteiger charge is -2.22. The van der Waals surface area contributed by atoms with Crippen molar-refractivity contribution in [3.8, 4) is 0 Å². The van der Waals surface area contributed by atoms with Gasteiger partial charge in [-0.3, -0.25) is 0 Å². The zero-order valence-electron chi connectivity index (χ0n) is 9.10. The summed E-state index contributed by atoms with van der Waals surface area (Å²) in [4.78, 5) is 0. The number of hydrogen-bond donors (Lipinski definition) is 1. The van der Waals surface area contributed by atoms with Gasteiger partial charge in [0.2, 0.25) is 0 Å². The summed E-state index contributed by atoms with van der Waals surface area (Å²) < 4.78 is 0. The monoisotopic (exact) mass is 181 g/mol. The van der Waals surface area contributed by atoms with Crippen molar-refractivity contribution in [2.75, 3.05) is 6.54 Å². The maximum Gasteiger partial charge on any atom is -0.00433 e. The molecule has 13 heavy (non-hydrogen) atoms. The third-order valence-electron chi connectivity index (χ3n) is 4.47. The predicted octanol–water partition coefficient (Wildman–Crippen LogP) is 2.94. The Balaban J connectivity index is 1.96. The van der Waals surface area contributed by atoms with E-state index >= 15 is 0 Å². The van der Waals surface area contributed by atoms with Crippen molar-refractivity contribution in [3.05, 3.63) is 0 Å². The van der Waals surface area contributed by atoms with Crippen LogP contribution >= 0.6 is 0 Å². The van der Waals surface area contributed by atoms with Crippen LogP contribution in [0.1, 0.15) is 52.4 Å². The van der Waals surface area contributed by atoms with E-state index in [1.54, 1.807) is 0 Å². The zero-order chi connectivity index (χ0) is 9.53. The highest BCUT2D eigenvalue weighted by Gasteiger charge is 2.53. The minimum atomic E-state index is 0.602. The van der Waals surface area contributed by atoms with Crippen LogP contribution in [0.4, 0.5) is 0 Å². The maximum atomic E-state index is 5.76. The minimum Gasteiger partial charge on any atom is -0.330 e. The minimum absolute atomic E-state index is 0.602. The van der Waals surface area contributed by atoms with Gasteiger partial charge in [0.1, 0.15) is 0 Å². The van der Waals surface area contributed by atoms with Crippen LogP contribution in [0, 0.1) is 16.7 Å². The molecule has 0 bridgehead atoms. The van der Waals surface area contributed by atoms with Gasteiger partial charge in [0.05, 0.1) is 0 Å². The van der Waals surface area contributed by atoms with Gasteiger partial charge >= 0.3 is 0 Å². The van der Waals surface area contributed by atoms with Crippen LogP contribution in [-0.2, 0) is 0 Å². The molecule has 0 aromatic heterocycles. The van der Waals surface area contributed by atoms with E-state index < -0.39 is 0 Å². The summed E-state index contributed by atoms with van der Waals surface area (Å²) in [6.45, 7) is 5.78. The van der Waals surface area contributed by atoms with Crippen molar-refractivity contribution >= 4 is 0 Å². The second-order valence-corrected chi connectivity index (χ2v) is 6.02. The molecule has 1 heteroatoms. The van der Waals surface area contributed by atoms with E-state index in [1.807, 2.05) is 0 Å². The van der Waals surface area contributed by atoms with Crippen LogP contribution in [0.5, 0.6) is 0 Å². The fourth-order valence-corrected chi connectivity index (χ4v) is 3.13. The first-order chi connectivity index (χ1) is 6.08. The smallest absolute Gasteiger partial charge is 0.00433 e.